The molecule has 1 aliphatic rings. The average molecular weight is 501 g/mol. The van der Waals surface area contributed by atoms with Crippen molar-refractivity contribution in [2.75, 3.05) is 32.1 Å². The van der Waals surface area contributed by atoms with Crippen LogP contribution in [0.1, 0.15) is 34.5 Å². The number of aromatic hydroxyl groups is 1. The molecule has 1 saturated heterocycles. The number of piperidine rings is 1. The normalized spacial score (nSPS) is 14.7. The maximum atomic E-state index is 13.2. The molecule has 2 N–H and O–H groups in total. The number of anilines is 1. The molecule has 0 radical (unpaired) electrons. The minimum absolute atomic E-state index is 0.0467. The fourth-order valence-corrected chi connectivity index (χ4v) is 4.08. The monoisotopic (exact) mass is 500 g/mol. The van der Waals surface area contributed by atoms with E-state index in [4.69, 9.17) is 9.47 Å². The fraction of sp³-hybridized carbons (Fsp3) is 0.333. The lowest BCUT2D eigenvalue weighted by Gasteiger charge is -2.27. The number of rotatable bonds is 7. The van der Waals surface area contributed by atoms with Crippen LogP contribution in [0.15, 0.2) is 36.5 Å². The molecule has 3 aromatic rings. The number of pyridine rings is 2. The van der Waals surface area contributed by atoms with Gasteiger partial charge in [0, 0.05) is 31.8 Å². The minimum Gasteiger partial charge on any atom is -0.504 e. The number of benzene rings is 1. The number of thiol groups is 1. The standard InChI is InChI=1S/C24H25FN4O5S/c1-33-13-19(30)27-23-18-11-15(10-14-2-4-16(25)5-3-14)12-26-20(18)22(31)21(28-23)24(32)34-17-6-8-29(35)9-7-17/h2-5,11-12,17,31,35H,6-10,13H2,1H3,(H,27,28,30). The minimum atomic E-state index is -0.804. The quantitative estimate of drug-likeness (QED) is 0.335. The molecule has 1 aromatic carbocycles. The number of hydrogen-bond donors (Lipinski definition) is 3. The Labute approximate surface area is 206 Å². The van der Waals surface area contributed by atoms with Crippen molar-refractivity contribution in [3.63, 3.8) is 0 Å². The van der Waals surface area contributed by atoms with Gasteiger partial charge in [-0.3, -0.25) is 14.1 Å². The van der Waals surface area contributed by atoms with Crippen molar-refractivity contribution in [3.8, 4) is 5.75 Å². The Balaban J connectivity index is 1.68. The van der Waals surface area contributed by atoms with Gasteiger partial charge in [-0.25, -0.2) is 14.2 Å². The second-order valence-corrected chi connectivity index (χ2v) is 8.81. The van der Waals surface area contributed by atoms with Gasteiger partial charge in [-0.1, -0.05) is 24.9 Å². The maximum Gasteiger partial charge on any atom is 0.361 e. The number of amides is 1. The van der Waals surface area contributed by atoms with E-state index in [2.05, 4.69) is 28.1 Å². The lowest BCUT2D eigenvalue weighted by molar-refractivity contribution is -0.119. The molecule has 9 nitrogen and oxygen atoms in total. The largest absolute Gasteiger partial charge is 0.504 e. The first kappa shape index (κ1) is 24.8. The number of nitrogens with one attached hydrogen (secondary N) is 1. The molecule has 0 atom stereocenters. The molecule has 1 amide bonds. The highest BCUT2D eigenvalue weighted by Gasteiger charge is 2.27. The number of fused-ring (bicyclic) bond motifs is 1. The summed E-state index contributed by atoms with van der Waals surface area (Å²) in [5.74, 6) is -2.02. The summed E-state index contributed by atoms with van der Waals surface area (Å²) in [7, 11) is 1.38. The lowest BCUT2D eigenvalue weighted by Crippen LogP contribution is -2.33. The van der Waals surface area contributed by atoms with Gasteiger partial charge in [0.2, 0.25) is 0 Å². The smallest absolute Gasteiger partial charge is 0.361 e. The number of ether oxygens (including phenoxy) is 2. The molecule has 0 spiro atoms. The summed E-state index contributed by atoms with van der Waals surface area (Å²) in [5.41, 5.74) is 1.34. The van der Waals surface area contributed by atoms with E-state index in [0.717, 1.165) is 11.1 Å². The van der Waals surface area contributed by atoms with Crippen LogP contribution in [-0.2, 0) is 20.7 Å². The SMILES string of the molecule is COCC(=O)Nc1nc(C(=O)OC2CCN(S)CC2)c(O)c2ncc(Cc3ccc(F)cc3)cc12. The number of aromatic nitrogens is 2. The molecule has 3 heterocycles. The molecule has 1 fully saturated rings. The van der Waals surface area contributed by atoms with Gasteiger partial charge >= 0.3 is 5.97 Å². The van der Waals surface area contributed by atoms with E-state index in [0.29, 0.717) is 37.7 Å². The van der Waals surface area contributed by atoms with Crippen molar-refractivity contribution in [3.05, 3.63) is 59.2 Å². The number of halogens is 1. The fourth-order valence-electron chi connectivity index (χ4n) is 3.85. The summed E-state index contributed by atoms with van der Waals surface area (Å²) in [4.78, 5) is 33.7. The van der Waals surface area contributed by atoms with Crippen LogP contribution in [0.3, 0.4) is 0 Å². The van der Waals surface area contributed by atoms with Crippen molar-refractivity contribution in [1.82, 2.24) is 14.3 Å². The van der Waals surface area contributed by atoms with Crippen LogP contribution in [-0.4, -0.2) is 64.2 Å². The number of hydrogen-bond acceptors (Lipinski definition) is 9. The zero-order valence-corrected chi connectivity index (χ0v) is 19.9. The van der Waals surface area contributed by atoms with Crippen molar-refractivity contribution in [2.24, 2.45) is 0 Å². The highest BCUT2D eigenvalue weighted by Crippen LogP contribution is 2.33. The summed E-state index contributed by atoms with van der Waals surface area (Å²) in [5, 5.41) is 13.8. The molecule has 35 heavy (non-hydrogen) atoms. The molecular formula is C24H25FN4O5S. The summed E-state index contributed by atoms with van der Waals surface area (Å²) in [6, 6.07) is 7.76. The predicted molar refractivity (Wildman–Crippen MR) is 130 cm³/mol. The van der Waals surface area contributed by atoms with Crippen molar-refractivity contribution in [2.45, 2.75) is 25.4 Å². The Bertz CT molecular complexity index is 1230. The third-order valence-corrected chi connectivity index (χ3v) is 6.01. The number of carbonyl (C=O) groups excluding carboxylic acids is 2. The van der Waals surface area contributed by atoms with Crippen molar-refractivity contribution < 1.29 is 28.6 Å². The van der Waals surface area contributed by atoms with Gasteiger partial charge in [0.1, 0.15) is 29.9 Å². The number of esters is 1. The molecule has 2 aromatic heterocycles. The zero-order valence-electron chi connectivity index (χ0n) is 19.0. The van der Waals surface area contributed by atoms with Crippen LogP contribution >= 0.6 is 12.8 Å². The van der Waals surface area contributed by atoms with E-state index in [1.165, 1.54) is 19.2 Å². The van der Waals surface area contributed by atoms with Gasteiger partial charge in [0.05, 0.1) is 0 Å². The second kappa shape index (κ2) is 11.0. The summed E-state index contributed by atoms with van der Waals surface area (Å²) in [6.45, 7) is 1.10. The van der Waals surface area contributed by atoms with Gasteiger partial charge in [0.25, 0.3) is 5.91 Å². The van der Waals surface area contributed by atoms with E-state index >= 15 is 0 Å². The number of methoxy groups -OCH3 is 1. The third-order valence-electron chi connectivity index (χ3n) is 5.61. The Morgan fingerprint density at radius 2 is 1.94 bits per heavy atom. The Hall–Kier alpha value is -3.28. The summed E-state index contributed by atoms with van der Waals surface area (Å²) < 4.78 is 25.5. The molecule has 0 bridgehead atoms. The Kier molecular flexibility index (Phi) is 7.79. The van der Waals surface area contributed by atoms with Gasteiger partial charge in [-0.05, 0) is 48.6 Å². The predicted octanol–water partition coefficient (Wildman–Crippen LogP) is 3.12. The van der Waals surface area contributed by atoms with Crippen molar-refractivity contribution >= 4 is 41.4 Å². The Morgan fingerprint density at radius 1 is 1.23 bits per heavy atom. The molecule has 1 aliphatic heterocycles. The van der Waals surface area contributed by atoms with Gasteiger partial charge in [-0.2, -0.15) is 0 Å². The van der Waals surface area contributed by atoms with Crippen LogP contribution in [0.2, 0.25) is 0 Å². The lowest BCUT2D eigenvalue weighted by atomic mass is 10.0. The summed E-state index contributed by atoms with van der Waals surface area (Å²) >= 11 is 4.29. The number of carbonyl (C=O) groups is 2. The van der Waals surface area contributed by atoms with E-state index in [-0.39, 0.29) is 35.6 Å². The van der Waals surface area contributed by atoms with E-state index in [9.17, 15) is 19.1 Å². The first-order valence-electron chi connectivity index (χ1n) is 11.0. The summed E-state index contributed by atoms with van der Waals surface area (Å²) in [6.07, 6.45) is 2.85. The highest BCUT2D eigenvalue weighted by atomic mass is 32.1. The van der Waals surface area contributed by atoms with E-state index < -0.39 is 17.6 Å². The molecule has 0 saturated carbocycles. The molecule has 4 rings (SSSR count). The first-order valence-corrected chi connectivity index (χ1v) is 11.4. The first-order chi connectivity index (χ1) is 16.8. The molecule has 11 heteroatoms. The second-order valence-electron chi connectivity index (χ2n) is 8.24. The Morgan fingerprint density at radius 3 is 2.63 bits per heavy atom. The van der Waals surface area contributed by atoms with Crippen LogP contribution in [0, 0.1) is 5.82 Å². The molecular weight excluding hydrogens is 475 g/mol. The maximum absolute atomic E-state index is 13.2. The molecule has 184 valence electrons. The van der Waals surface area contributed by atoms with Gasteiger partial charge < -0.3 is 19.9 Å². The van der Waals surface area contributed by atoms with Gasteiger partial charge in [0.15, 0.2) is 11.4 Å². The van der Waals surface area contributed by atoms with E-state index in [1.54, 1.807) is 24.4 Å². The zero-order chi connectivity index (χ0) is 24.9. The number of nitrogens with zero attached hydrogens (tertiary/aromatic N) is 3. The van der Waals surface area contributed by atoms with Gasteiger partial charge in [-0.15, -0.1) is 0 Å². The average Bonchev–Trinajstić information content (AvgIpc) is 2.84. The van der Waals surface area contributed by atoms with E-state index in [1.807, 2.05) is 4.31 Å². The van der Waals surface area contributed by atoms with Crippen molar-refractivity contribution in [1.29, 1.82) is 0 Å². The molecule has 0 unspecified atom stereocenters. The van der Waals surface area contributed by atoms with Crippen LogP contribution < -0.4 is 5.32 Å². The van der Waals surface area contributed by atoms with Crippen LogP contribution in [0.4, 0.5) is 10.2 Å². The van der Waals surface area contributed by atoms with Crippen LogP contribution in [0.5, 0.6) is 5.75 Å². The highest BCUT2D eigenvalue weighted by molar-refractivity contribution is 7.77. The third kappa shape index (κ3) is 6.05. The molecule has 0 aliphatic carbocycles. The van der Waals surface area contributed by atoms with Crippen LogP contribution in [0.25, 0.3) is 10.9 Å². The topological polar surface area (TPSA) is 114 Å².